The molecule has 0 radical (unpaired) electrons. The standard InChI is InChI=1S/C16H17N3O4S2/c1-2-9-19(16-17-8-11-24-16)25(22,23)13-5-3-12(4-6-13)18-10-7-14(20)15(18)21/h2-6,8,11,14,20H,1,7,9-10H2/t14-/m1/s1. The molecule has 25 heavy (non-hydrogen) atoms. The van der Waals surface area contributed by atoms with Gasteiger partial charge in [-0.1, -0.05) is 6.08 Å². The molecule has 1 N–H and O–H groups in total. The van der Waals surface area contributed by atoms with Gasteiger partial charge in [-0.3, -0.25) is 4.79 Å². The molecular formula is C16H17N3O4S2. The lowest BCUT2D eigenvalue weighted by molar-refractivity contribution is -0.123. The van der Waals surface area contributed by atoms with E-state index in [-0.39, 0.29) is 17.3 Å². The van der Waals surface area contributed by atoms with Crippen LogP contribution in [0, 0.1) is 0 Å². The van der Waals surface area contributed by atoms with E-state index >= 15 is 0 Å². The maximum absolute atomic E-state index is 12.9. The Kier molecular flexibility index (Phi) is 4.89. The molecular weight excluding hydrogens is 362 g/mol. The number of sulfonamides is 1. The summed E-state index contributed by atoms with van der Waals surface area (Å²) in [5.74, 6) is -0.369. The van der Waals surface area contributed by atoms with Crippen molar-refractivity contribution in [3.63, 3.8) is 0 Å². The highest BCUT2D eigenvalue weighted by Gasteiger charge is 2.31. The molecule has 1 aliphatic heterocycles. The molecule has 132 valence electrons. The van der Waals surface area contributed by atoms with E-state index in [9.17, 15) is 18.3 Å². The van der Waals surface area contributed by atoms with Crippen molar-refractivity contribution < 1.29 is 18.3 Å². The first-order valence-electron chi connectivity index (χ1n) is 7.58. The predicted molar refractivity (Wildman–Crippen MR) is 96.3 cm³/mol. The first-order valence-corrected chi connectivity index (χ1v) is 9.90. The molecule has 1 atom stereocenters. The van der Waals surface area contributed by atoms with E-state index in [1.165, 1.54) is 38.8 Å². The number of aromatic nitrogens is 1. The summed E-state index contributed by atoms with van der Waals surface area (Å²) in [4.78, 5) is 17.5. The van der Waals surface area contributed by atoms with E-state index in [1.54, 1.807) is 23.7 Å². The van der Waals surface area contributed by atoms with Crippen LogP contribution in [0.5, 0.6) is 0 Å². The molecule has 0 aliphatic carbocycles. The minimum Gasteiger partial charge on any atom is -0.383 e. The van der Waals surface area contributed by atoms with Crippen molar-refractivity contribution in [2.75, 3.05) is 22.3 Å². The van der Waals surface area contributed by atoms with Crippen LogP contribution in [-0.2, 0) is 14.8 Å². The van der Waals surface area contributed by atoms with Gasteiger partial charge < -0.3 is 10.0 Å². The second kappa shape index (κ2) is 6.95. The lowest BCUT2D eigenvalue weighted by Crippen LogP contribution is -2.31. The maximum atomic E-state index is 12.9. The topological polar surface area (TPSA) is 90.8 Å². The smallest absolute Gasteiger partial charge is 0.266 e. The largest absolute Gasteiger partial charge is 0.383 e. The summed E-state index contributed by atoms with van der Waals surface area (Å²) in [6.07, 6.45) is 2.42. The normalized spacial score (nSPS) is 17.7. The average Bonchev–Trinajstić information content (AvgIpc) is 3.24. The summed E-state index contributed by atoms with van der Waals surface area (Å²) in [6.45, 7) is 4.12. The minimum absolute atomic E-state index is 0.0977. The monoisotopic (exact) mass is 379 g/mol. The van der Waals surface area contributed by atoms with Gasteiger partial charge in [0, 0.05) is 30.2 Å². The van der Waals surface area contributed by atoms with Gasteiger partial charge in [0.05, 0.1) is 11.4 Å². The van der Waals surface area contributed by atoms with E-state index in [0.717, 1.165) is 0 Å². The predicted octanol–water partition coefficient (Wildman–Crippen LogP) is 1.62. The molecule has 0 bridgehead atoms. The first-order chi connectivity index (χ1) is 11.9. The summed E-state index contributed by atoms with van der Waals surface area (Å²) in [7, 11) is -3.79. The minimum atomic E-state index is -3.79. The number of benzene rings is 1. The van der Waals surface area contributed by atoms with Crippen molar-refractivity contribution >= 4 is 38.1 Å². The second-order valence-electron chi connectivity index (χ2n) is 5.43. The van der Waals surface area contributed by atoms with Gasteiger partial charge >= 0.3 is 0 Å². The number of aliphatic hydroxyl groups is 1. The summed E-state index contributed by atoms with van der Waals surface area (Å²) in [6, 6.07) is 6.03. The Hall–Kier alpha value is -2.23. The molecule has 1 aromatic heterocycles. The van der Waals surface area contributed by atoms with E-state index in [1.807, 2.05) is 0 Å². The van der Waals surface area contributed by atoms with Crippen LogP contribution < -0.4 is 9.21 Å². The van der Waals surface area contributed by atoms with Crippen molar-refractivity contribution in [2.45, 2.75) is 17.4 Å². The fourth-order valence-electron chi connectivity index (χ4n) is 2.58. The quantitative estimate of drug-likeness (QED) is 0.770. The van der Waals surface area contributed by atoms with Crippen LogP contribution in [0.15, 0.2) is 53.4 Å². The Balaban J connectivity index is 1.90. The fraction of sp³-hybridized carbons (Fsp3) is 0.250. The number of hydrogen-bond acceptors (Lipinski definition) is 6. The molecule has 3 rings (SSSR count). The Morgan fingerprint density at radius 2 is 2.12 bits per heavy atom. The molecule has 1 fully saturated rings. The molecule has 9 heteroatoms. The maximum Gasteiger partial charge on any atom is 0.266 e. The van der Waals surface area contributed by atoms with Gasteiger partial charge in [-0.15, -0.1) is 17.9 Å². The highest BCUT2D eigenvalue weighted by Crippen LogP contribution is 2.28. The molecule has 1 aromatic carbocycles. The molecule has 0 unspecified atom stereocenters. The van der Waals surface area contributed by atoms with E-state index in [0.29, 0.717) is 23.8 Å². The summed E-state index contributed by atoms with van der Waals surface area (Å²) in [5.41, 5.74) is 0.560. The SMILES string of the molecule is C=CCN(c1nccs1)S(=O)(=O)c1ccc(N2CC[C@@H](O)C2=O)cc1. The molecule has 1 aliphatic rings. The van der Waals surface area contributed by atoms with Gasteiger partial charge in [0.25, 0.3) is 15.9 Å². The Labute approximate surface area is 149 Å². The van der Waals surface area contributed by atoms with Crippen LogP contribution in [0.4, 0.5) is 10.8 Å². The molecule has 2 aromatic rings. The van der Waals surface area contributed by atoms with Gasteiger partial charge in [-0.2, -0.15) is 0 Å². The number of hydrogen-bond donors (Lipinski definition) is 1. The van der Waals surface area contributed by atoms with E-state index < -0.39 is 16.1 Å². The van der Waals surface area contributed by atoms with Gasteiger partial charge in [-0.05, 0) is 24.3 Å². The molecule has 0 spiro atoms. The third kappa shape index (κ3) is 3.30. The molecule has 1 amide bonds. The fourth-order valence-corrected chi connectivity index (χ4v) is 4.85. The zero-order valence-corrected chi connectivity index (χ0v) is 14.9. The number of thiazole rings is 1. The van der Waals surface area contributed by atoms with Crippen molar-refractivity contribution in [1.29, 1.82) is 0 Å². The third-order valence-corrected chi connectivity index (χ3v) is 6.52. The second-order valence-corrected chi connectivity index (χ2v) is 8.16. The van der Waals surface area contributed by atoms with Crippen molar-refractivity contribution in [2.24, 2.45) is 0 Å². The van der Waals surface area contributed by atoms with Crippen molar-refractivity contribution in [3.05, 3.63) is 48.5 Å². The Morgan fingerprint density at radius 1 is 1.40 bits per heavy atom. The van der Waals surface area contributed by atoms with Crippen molar-refractivity contribution in [1.82, 2.24) is 4.98 Å². The number of carbonyl (C=O) groups excluding carboxylic acids is 1. The summed E-state index contributed by atoms with van der Waals surface area (Å²) >= 11 is 1.22. The summed E-state index contributed by atoms with van der Waals surface area (Å²) in [5, 5.41) is 11.6. The third-order valence-electron chi connectivity index (χ3n) is 3.84. The van der Waals surface area contributed by atoms with Crippen LogP contribution in [0.3, 0.4) is 0 Å². The molecule has 1 saturated heterocycles. The average molecular weight is 379 g/mol. The van der Waals surface area contributed by atoms with E-state index in [4.69, 9.17) is 0 Å². The zero-order valence-electron chi connectivity index (χ0n) is 13.3. The highest BCUT2D eigenvalue weighted by atomic mass is 32.2. The lowest BCUT2D eigenvalue weighted by Gasteiger charge is -2.21. The zero-order chi connectivity index (χ0) is 18.0. The number of aliphatic hydroxyl groups excluding tert-OH is 1. The number of anilines is 2. The number of carbonyl (C=O) groups is 1. The van der Waals surface area contributed by atoms with Crippen LogP contribution in [0.25, 0.3) is 0 Å². The highest BCUT2D eigenvalue weighted by molar-refractivity contribution is 7.93. The number of amides is 1. The van der Waals surface area contributed by atoms with Crippen molar-refractivity contribution in [3.8, 4) is 0 Å². The van der Waals surface area contributed by atoms with Gasteiger partial charge in [-0.25, -0.2) is 17.7 Å². The molecule has 2 heterocycles. The van der Waals surface area contributed by atoms with E-state index in [2.05, 4.69) is 11.6 Å². The van der Waals surface area contributed by atoms with Gasteiger partial charge in [0.2, 0.25) is 0 Å². The number of nitrogens with zero attached hydrogens (tertiary/aromatic N) is 3. The Bertz CT molecular complexity index is 863. The van der Waals surface area contributed by atoms with Crippen LogP contribution in [0.1, 0.15) is 6.42 Å². The van der Waals surface area contributed by atoms with Crippen LogP contribution >= 0.6 is 11.3 Å². The lowest BCUT2D eigenvalue weighted by atomic mass is 10.3. The van der Waals surface area contributed by atoms with Gasteiger partial charge in [0.1, 0.15) is 6.10 Å². The van der Waals surface area contributed by atoms with Crippen LogP contribution in [-0.4, -0.2) is 43.6 Å². The van der Waals surface area contributed by atoms with Gasteiger partial charge in [0.15, 0.2) is 5.13 Å². The molecule has 7 nitrogen and oxygen atoms in total. The van der Waals surface area contributed by atoms with Crippen LogP contribution in [0.2, 0.25) is 0 Å². The molecule has 0 saturated carbocycles. The number of rotatable bonds is 6. The first kappa shape index (κ1) is 17.6. The summed E-state index contributed by atoms with van der Waals surface area (Å²) < 4.78 is 27.0. The Morgan fingerprint density at radius 3 is 2.64 bits per heavy atom.